The lowest BCUT2D eigenvalue weighted by Crippen LogP contribution is -2.30. The minimum atomic E-state index is -0.780. The highest BCUT2D eigenvalue weighted by molar-refractivity contribution is 5.71. The van der Waals surface area contributed by atoms with Gasteiger partial charge in [-0.1, -0.05) is 346 Å². The fourth-order valence-corrected chi connectivity index (χ4v) is 10.5. The quantitative estimate of drug-likeness (QED) is 0.0261. The molecule has 0 amide bonds. The highest BCUT2D eigenvalue weighted by atomic mass is 16.6. The predicted octanol–water partition coefficient (Wildman–Crippen LogP) is 23.6. The van der Waals surface area contributed by atoms with Gasteiger partial charge in [-0.25, -0.2) is 0 Å². The number of hydrogen-bond donors (Lipinski definition) is 0. The van der Waals surface area contributed by atoms with Crippen LogP contribution in [-0.2, 0) is 28.6 Å². The Kier molecular flexibility index (Phi) is 64.1. The van der Waals surface area contributed by atoms with Crippen molar-refractivity contribution in [3.8, 4) is 0 Å². The molecule has 0 aromatic carbocycles. The summed E-state index contributed by atoms with van der Waals surface area (Å²) in [6, 6.07) is 0. The third kappa shape index (κ3) is 64.3. The van der Waals surface area contributed by atoms with E-state index in [4.69, 9.17) is 14.2 Å². The van der Waals surface area contributed by atoms with E-state index in [1.165, 1.54) is 257 Å². The van der Waals surface area contributed by atoms with E-state index in [9.17, 15) is 14.4 Å². The van der Waals surface area contributed by atoms with Gasteiger partial charge in [-0.05, 0) is 51.4 Å². The molecule has 6 heteroatoms. The van der Waals surface area contributed by atoms with Gasteiger partial charge in [0, 0.05) is 19.3 Å². The average Bonchev–Trinajstić information content (AvgIpc) is 3.43. The summed E-state index contributed by atoms with van der Waals surface area (Å²) >= 11 is 0. The van der Waals surface area contributed by atoms with Crippen molar-refractivity contribution in [1.82, 2.24) is 0 Å². The number of unbranched alkanes of at least 4 members (excludes halogenated alkanes) is 47. The van der Waals surface area contributed by atoms with Crippen molar-refractivity contribution in [2.45, 2.75) is 386 Å². The third-order valence-corrected chi connectivity index (χ3v) is 15.7. The van der Waals surface area contributed by atoms with Crippen molar-refractivity contribution >= 4 is 17.9 Å². The Bertz CT molecular complexity index is 1290. The van der Waals surface area contributed by atoms with Crippen molar-refractivity contribution in [2.75, 3.05) is 13.2 Å². The fraction of sp³-hybridized carbons (Fsp3) is 0.873. The molecule has 6 nitrogen and oxygen atoms in total. The number of allylic oxidation sites excluding steroid dienone is 6. The zero-order chi connectivity index (χ0) is 55.7. The standard InChI is InChI=1S/C71H132O6/c1-4-7-10-13-16-19-22-25-27-28-29-30-31-32-33-34-35-36-37-38-39-40-41-42-43-44-47-49-52-55-58-61-64-70(73)76-67-68(66-75-69(72)63-60-57-54-51-48-45-24-21-18-15-12-9-6-3)77-71(74)65-62-59-56-53-50-46-26-23-20-17-14-11-8-5-2/h9,12,18,21,45,48,68H,4-8,10-11,13-17,19-20,22-44,46-47,49-67H2,1-3H3/b12-9-,21-18-,48-45-. The van der Waals surface area contributed by atoms with Crippen LogP contribution in [0.2, 0.25) is 0 Å². The molecule has 0 bridgehead atoms. The van der Waals surface area contributed by atoms with Crippen LogP contribution in [0.3, 0.4) is 0 Å². The van der Waals surface area contributed by atoms with Crippen LogP contribution >= 0.6 is 0 Å². The molecule has 0 aliphatic carbocycles. The Hall–Kier alpha value is -2.37. The normalized spacial score (nSPS) is 12.2. The van der Waals surface area contributed by atoms with Crippen molar-refractivity contribution in [3.05, 3.63) is 36.5 Å². The van der Waals surface area contributed by atoms with E-state index in [0.29, 0.717) is 19.3 Å². The molecule has 0 N–H and O–H groups in total. The number of esters is 3. The van der Waals surface area contributed by atoms with Gasteiger partial charge < -0.3 is 14.2 Å². The molecule has 77 heavy (non-hydrogen) atoms. The molecule has 0 aliphatic rings. The lowest BCUT2D eigenvalue weighted by Gasteiger charge is -2.18. The summed E-state index contributed by atoms with van der Waals surface area (Å²) in [5, 5.41) is 0. The van der Waals surface area contributed by atoms with Gasteiger partial charge in [0.1, 0.15) is 13.2 Å². The molecule has 0 saturated carbocycles. The van der Waals surface area contributed by atoms with Crippen LogP contribution in [-0.4, -0.2) is 37.2 Å². The smallest absolute Gasteiger partial charge is 0.306 e. The van der Waals surface area contributed by atoms with Crippen LogP contribution in [0.4, 0.5) is 0 Å². The second-order valence-electron chi connectivity index (χ2n) is 23.4. The van der Waals surface area contributed by atoms with Gasteiger partial charge in [0.05, 0.1) is 0 Å². The molecule has 1 unspecified atom stereocenters. The van der Waals surface area contributed by atoms with E-state index in [0.717, 1.165) is 83.5 Å². The van der Waals surface area contributed by atoms with Crippen molar-refractivity contribution < 1.29 is 28.6 Å². The Morgan fingerprint density at radius 1 is 0.273 bits per heavy atom. The molecule has 0 saturated heterocycles. The SMILES string of the molecule is CC/C=C\C/C=C\C/C=C\CCCCCC(=O)OCC(COC(=O)CCCCCCCCCCCCCCCCCCCCCCCCCCCCCCCCCC)OC(=O)CCCCCCCCCCCCCCCC. The Labute approximate surface area is 480 Å². The van der Waals surface area contributed by atoms with Crippen LogP contribution in [0.15, 0.2) is 36.5 Å². The minimum absolute atomic E-state index is 0.0762. The first kappa shape index (κ1) is 74.6. The van der Waals surface area contributed by atoms with Crippen molar-refractivity contribution in [3.63, 3.8) is 0 Å². The Balaban J connectivity index is 4.07. The van der Waals surface area contributed by atoms with Crippen LogP contribution in [0.25, 0.3) is 0 Å². The van der Waals surface area contributed by atoms with Gasteiger partial charge in [-0.2, -0.15) is 0 Å². The second-order valence-corrected chi connectivity index (χ2v) is 23.4. The molecule has 0 aliphatic heterocycles. The second kappa shape index (κ2) is 66.1. The van der Waals surface area contributed by atoms with Gasteiger partial charge in [-0.3, -0.25) is 14.4 Å². The average molecular weight is 1080 g/mol. The highest BCUT2D eigenvalue weighted by Gasteiger charge is 2.19. The van der Waals surface area contributed by atoms with E-state index in [-0.39, 0.29) is 31.1 Å². The predicted molar refractivity (Wildman–Crippen MR) is 335 cm³/mol. The Morgan fingerprint density at radius 3 is 0.792 bits per heavy atom. The van der Waals surface area contributed by atoms with Gasteiger partial charge in [0.15, 0.2) is 6.10 Å². The monoisotopic (exact) mass is 1080 g/mol. The molecule has 1 atom stereocenters. The fourth-order valence-electron chi connectivity index (χ4n) is 10.5. The summed E-state index contributed by atoms with van der Waals surface area (Å²) in [7, 11) is 0. The molecule has 0 radical (unpaired) electrons. The van der Waals surface area contributed by atoms with E-state index in [1.54, 1.807) is 0 Å². The van der Waals surface area contributed by atoms with E-state index >= 15 is 0 Å². The van der Waals surface area contributed by atoms with Crippen LogP contribution < -0.4 is 0 Å². The van der Waals surface area contributed by atoms with Crippen LogP contribution in [0, 0.1) is 0 Å². The molecule has 0 spiro atoms. The highest BCUT2D eigenvalue weighted by Crippen LogP contribution is 2.19. The molecule has 452 valence electrons. The third-order valence-electron chi connectivity index (χ3n) is 15.7. The lowest BCUT2D eigenvalue weighted by molar-refractivity contribution is -0.167. The molecule has 0 heterocycles. The summed E-state index contributed by atoms with van der Waals surface area (Å²) in [6.07, 6.45) is 82.0. The number of rotatable bonds is 64. The largest absolute Gasteiger partial charge is 0.462 e. The van der Waals surface area contributed by atoms with E-state index in [2.05, 4.69) is 57.2 Å². The van der Waals surface area contributed by atoms with Gasteiger partial charge in [0.2, 0.25) is 0 Å². The zero-order valence-electron chi connectivity index (χ0n) is 52.0. The lowest BCUT2D eigenvalue weighted by atomic mass is 10.0. The van der Waals surface area contributed by atoms with Gasteiger partial charge >= 0.3 is 17.9 Å². The summed E-state index contributed by atoms with van der Waals surface area (Å²) in [6.45, 7) is 6.56. The van der Waals surface area contributed by atoms with Crippen molar-refractivity contribution in [1.29, 1.82) is 0 Å². The zero-order valence-corrected chi connectivity index (χ0v) is 52.0. The van der Waals surface area contributed by atoms with E-state index in [1.807, 2.05) is 0 Å². The van der Waals surface area contributed by atoms with Crippen LogP contribution in [0.5, 0.6) is 0 Å². The summed E-state index contributed by atoms with van der Waals surface area (Å²) in [5.74, 6) is -0.882. The molecule has 0 aromatic rings. The molecule has 0 fully saturated rings. The van der Waals surface area contributed by atoms with Crippen molar-refractivity contribution in [2.24, 2.45) is 0 Å². The first-order chi connectivity index (χ1) is 38.0. The molecule has 0 aromatic heterocycles. The number of carbonyl (C=O) groups is 3. The first-order valence-corrected chi connectivity index (χ1v) is 34.5. The number of hydrogen-bond acceptors (Lipinski definition) is 6. The maximum absolute atomic E-state index is 12.9. The van der Waals surface area contributed by atoms with Crippen LogP contribution in [0.1, 0.15) is 380 Å². The molecule has 0 rings (SSSR count). The van der Waals surface area contributed by atoms with Gasteiger partial charge in [-0.15, -0.1) is 0 Å². The number of carbonyl (C=O) groups excluding carboxylic acids is 3. The maximum atomic E-state index is 12.9. The summed E-state index contributed by atoms with van der Waals surface area (Å²) < 4.78 is 16.9. The minimum Gasteiger partial charge on any atom is -0.462 e. The summed E-state index contributed by atoms with van der Waals surface area (Å²) in [4.78, 5) is 38.3. The maximum Gasteiger partial charge on any atom is 0.306 e. The first-order valence-electron chi connectivity index (χ1n) is 34.5. The number of ether oxygens (including phenoxy) is 3. The molecular weight excluding hydrogens is 949 g/mol. The molecular formula is C71H132O6. The van der Waals surface area contributed by atoms with E-state index < -0.39 is 6.10 Å². The van der Waals surface area contributed by atoms with Gasteiger partial charge in [0.25, 0.3) is 0 Å². The Morgan fingerprint density at radius 2 is 0.506 bits per heavy atom. The topological polar surface area (TPSA) is 78.9 Å². The summed E-state index contributed by atoms with van der Waals surface area (Å²) in [5.41, 5.74) is 0.